The van der Waals surface area contributed by atoms with Gasteiger partial charge in [-0.2, -0.15) is 4.90 Å². The summed E-state index contributed by atoms with van der Waals surface area (Å²) in [6.07, 6.45) is 2.20. The molecule has 2 heterocycles. The molecule has 0 unspecified atom stereocenters. The first-order chi connectivity index (χ1) is 26.8. The number of methoxy groups -OCH3 is 2. The largest absolute Gasteiger partial charge is 0.495 e. The SMILES string of the molecule is COc1cc(OC)c(Cl)c(N(C(=O)OC(C)(C)C)C(=O)N(c2cc(N(C(=O)OC(C)(C)C)c3ccc(OCCN4CCCC4)cc3[N+](=O)[O-])ncn2)C2CC2)c1Cl. The number of rotatable bonds is 12. The van der Waals surface area contributed by atoms with Gasteiger partial charge in [0, 0.05) is 24.7 Å². The zero-order valence-corrected chi connectivity index (χ0v) is 34.7. The number of nitro benzene ring substituents is 1. The number of nitro groups is 1. The molecule has 3 aromatic rings. The molecule has 0 atom stereocenters. The Morgan fingerprint density at radius 1 is 0.877 bits per heavy atom. The summed E-state index contributed by atoms with van der Waals surface area (Å²) in [5, 5.41) is 12.2. The Hall–Kier alpha value is -5.13. The molecule has 57 heavy (non-hydrogen) atoms. The summed E-state index contributed by atoms with van der Waals surface area (Å²) in [7, 11) is 2.68. The predicted octanol–water partition coefficient (Wildman–Crippen LogP) is 8.79. The fourth-order valence-corrected chi connectivity index (χ4v) is 6.63. The quantitative estimate of drug-likeness (QED) is 0.125. The molecule has 1 aliphatic heterocycles. The van der Waals surface area contributed by atoms with E-state index in [9.17, 15) is 24.5 Å². The fraction of sp³-hybridized carbons (Fsp3) is 0.500. The lowest BCUT2D eigenvalue weighted by Crippen LogP contribution is -2.50. The predicted molar refractivity (Wildman–Crippen MR) is 214 cm³/mol. The molecule has 0 radical (unpaired) electrons. The lowest BCUT2D eigenvalue weighted by molar-refractivity contribution is -0.384. The monoisotopic (exact) mass is 831 g/mol. The Kier molecular flexibility index (Phi) is 13.3. The minimum atomic E-state index is -1.12. The second-order valence-electron chi connectivity index (χ2n) is 15.3. The summed E-state index contributed by atoms with van der Waals surface area (Å²) in [5.74, 6) is 0.0856. The van der Waals surface area contributed by atoms with Gasteiger partial charge in [-0.15, -0.1) is 0 Å². The topological polar surface area (TPSA) is 179 Å². The van der Waals surface area contributed by atoms with Crippen LogP contribution in [0.2, 0.25) is 10.0 Å². The van der Waals surface area contributed by atoms with Gasteiger partial charge < -0.3 is 23.7 Å². The number of anilines is 4. The van der Waals surface area contributed by atoms with Crippen LogP contribution in [0.25, 0.3) is 0 Å². The molecule has 308 valence electrons. The number of ether oxygens (including phenoxy) is 5. The molecule has 1 aromatic heterocycles. The maximum atomic E-state index is 14.9. The van der Waals surface area contributed by atoms with Gasteiger partial charge in [0.15, 0.2) is 0 Å². The Morgan fingerprint density at radius 2 is 1.46 bits per heavy atom. The van der Waals surface area contributed by atoms with E-state index in [-0.39, 0.29) is 50.3 Å². The number of carbonyl (C=O) groups is 3. The van der Waals surface area contributed by atoms with E-state index in [0.717, 1.165) is 37.2 Å². The molecule has 2 aromatic carbocycles. The van der Waals surface area contributed by atoms with Crippen molar-refractivity contribution < 1.29 is 43.0 Å². The van der Waals surface area contributed by atoms with Crippen LogP contribution in [0, 0.1) is 10.1 Å². The molecule has 1 aliphatic carbocycles. The van der Waals surface area contributed by atoms with E-state index in [0.29, 0.717) is 30.9 Å². The van der Waals surface area contributed by atoms with Crippen molar-refractivity contribution in [2.24, 2.45) is 0 Å². The Labute approximate surface area is 340 Å². The number of carbonyl (C=O) groups excluding carboxylic acids is 3. The van der Waals surface area contributed by atoms with Crippen molar-refractivity contribution in [3.63, 3.8) is 0 Å². The van der Waals surface area contributed by atoms with Crippen LogP contribution in [-0.2, 0) is 9.47 Å². The smallest absolute Gasteiger partial charge is 0.423 e. The Bertz CT molecular complexity index is 1970. The molecular formula is C38H47Cl2N7O10. The first-order valence-corrected chi connectivity index (χ1v) is 19.0. The molecule has 19 heteroatoms. The van der Waals surface area contributed by atoms with E-state index in [1.807, 2.05) is 0 Å². The van der Waals surface area contributed by atoms with Crippen LogP contribution in [0.15, 0.2) is 36.7 Å². The number of hydrogen-bond donors (Lipinski definition) is 0. The van der Waals surface area contributed by atoms with Crippen molar-refractivity contribution in [3.05, 3.63) is 56.8 Å². The van der Waals surface area contributed by atoms with Gasteiger partial charge in [0.1, 0.15) is 74.4 Å². The van der Waals surface area contributed by atoms with Crippen molar-refractivity contribution in [3.8, 4) is 17.2 Å². The number of aromatic nitrogens is 2. The highest BCUT2D eigenvalue weighted by atomic mass is 35.5. The first kappa shape index (κ1) is 43.0. The minimum absolute atomic E-state index is 0.0502. The van der Waals surface area contributed by atoms with Gasteiger partial charge in [-0.1, -0.05) is 23.2 Å². The number of urea groups is 1. The fourth-order valence-electron chi connectivity index (χ4n) is 5.96. The van der Waals surface area contributed by atoms with Gasteiger partial charge in [-0.3, -0.25) is 19.9 Å². The highest BCUT2D eigenvalue weighted by Gasteiger charge is 2.44. The molecule has 2 aliphatic rings. The summed E-state index contributed by atoms with van der Waals surface area (Å²) >= 11 is 13.5. The average molecular weight is 833 g/mol. The van der Waals surface area contributed by atoms with Crippen molar-refractivity contribution >= 4 is 70.1 Å². The zero-order chi connectivity index (χ0) is 41.8. The maximum Gasteiger partial charge on any atom is 0.423 e. The summed E-state index contributed by atoms with van der Waals surface area (Å²) in [5.41, 5.74) is -3.03. The van der Waals surface area contributed by atoms with Gasteiger partial charge in [-0.05, 0) is 92.4 Å². The normalized spacial score (nSPS) is 14.4. The Balaban J connectivity index is 1.61. The molecule has 1 saturated heterocycles. The van der Waals surface area contributed by atoms with Crippen LogP contribution in [-0.4, -0.2) is 95.7 Å². The molecule has 1 saturated carbocycles. The second-order valence-corrected chi connectivity index (χ2v) is 16.1. The highest BCUT2D eigenvalue weighted by molar-refractivity contribution is 6.43. The highest BCUT2D eigenvalue weighted by Crippen LogP contribution is 2.48. The van der Waals surface area contributed by atoms with Crippen LogP contribution >= 0.6 is 23.2 Å². The number of likely N-dealkylation sites (tertiary alicyclic amines) is 1. The lowest BCUT2D eigenvalue weighted by Gasteiger charge is -2.32. The summed E-state index contributed by atoms with van der Waals surface area (Å²) in [6.45, 7) is 12.7. The maximum absolute atomic E-state index is 14.9. The molecule has 0 bridgehead atoms. The van der Waals surface area contributed by atoms with Crippen molar-refractivity contribution in [1.29, 1.82) is 0 Å². The van der Waals surface area contributed by atoms with Crippen molar-refractivity contribution in [2.45, 2.75) is 84.5 Å². The summed E-state index contributed by atoms with van der Waals surface area (Å²) in [4.78, 5) is 68.5. The second kappa shape index (κ2) is 17.6. The average Bonchev–Trinajstić information content (AvgIpc) is 3.81. The van der Waals surface area contributed by atoms with Crippen LogP contribution in [0.3, 0.4) is 0 Å². The molecule has 4 amide bonds. The zero-order valence-electron chi connectivity index (χ0n) is 33.2. The number of halogens is 2. The summed E-state index contributed by atoms with van der Waals surface area (Å²) < 4.78 is 28.1. The van der Waals surface area contributed by atoms with E-state index in [2.05, 4.69) is 14.9 Å². The molecule has 17 nitrogen and oxygen atoms in total. The van der Waals surface area contributed by atoms with Crippen LogP contribution in [0.5, 0.6) is 17.2 Å². The minimum Gasteiger partial charge on any atom is -0.495 e. The van der Waals surface area contributed by atoms with Crippen molar-refractivity contribution in [2.75, 3.05) is 55.2 Å². The molecular weight excluding hydrogens is 785 g/mol. The number of hydrogen-bond acceptors (Lipinski definition) is 13. The van der Waals surface area contributed by atoms with Crippen LogP contribution < -0.4 is 28.9 Å². The van der Waals surface area contributed by atoms with Gasteiger partial charge in [0.25, 0.3) is 5.69 Å². The van der Waals surface area contributed by atoms with Crippen LogP contribution in [0.4, 0.5) is 43.1 Å². The lowest BCUT2D eigenvalue weighted by atomic mass is 10.2. The van der Waals surface area contributed by atoms with E-state index in [1.165, 1.54) is 49.5 Å². The van der Waals surface area contributed by atoms with Crippen LogP contribution in [0.1, 0.15) is 67.2 Å². The standard InChI is InChI=1S/C38H47Cl2N7O10/c1-37(2,3)56-35(49)45(25-14-13-24(19-26(25)47(51)52)55-18-17-43-15-9-10-16-43)30-21-29(41-22-42-30)44(23-11-12-23)34(48)46(36(50)57-38(4,5)6)33-31(39)27(53-7)20-28(54-8)32(33)40/h13-14,19-23H,9-12,15-18H2,1-8H3. The third-order valence-electron chi connectivity index (χ3n) is 8.61. The molecule has 2 fully saturated rings. The first-order valence-electron chi connectivity index (χ1n) is 18.3. The van der Waals surface area contributed by atoms with E-state index < -0.39 is 46.1 Å². The molecule has 0 spiro atoms. The van der Waals surface area contributed by atoms with Gasteiger partial charge >= 0.3 is 18.2 Å². The molecule has 5 rings (SSSR count). The number of nitrogens with zero attached hydrogens (tertiary/aromatic N) is 7. The number of amides is 4. The number of imide groups is 1. The third-order valence-corrected chi connectivity index (χ3v) is 9.34. The van der Waals surface area contributed by atoms with Crippen molar-refractivity contribution in [1.82, 2.24) is 14.9 Å². The molecule has 0 N–H and O–H groups in total. The van der Waals surface area contributed by atoms with Gasteiger partial charge in [0.2, 0.25) is 0 Å². The third kappa shape index (κ3) is 10.4. The van der Waals surface area contributed by atoms with Gasteiger partial charge in [-0.25, -0.2) is 29.3 Å². The van der Waals surface area contributed by atoms with E-state index in [1.54, 1.807) is 41.5 Å². The summed E-state index contributed by atoms with van der Waals surface area (Å²) in [6, 6.07) is 5.33. The van der Waals surface area contributed by atoms with E-state index in [4.69, 9.17) is 46.9 Å². The van der Waals surface area contributed by atoms with E-state index >= 15 is 0 Å². The number of benzene rings is 2. The Morgan fingerprint density at radius 3 is 2.00 bits per heavy atom. The van der Waals surface area contributed by atoms with Gasteiger partial charge in [0.05, 0.1) is 25.2 Å².